The van der Waals surface area contributed by atoms with E-state index in [2.05, 4.69) is 16.8 Å². The van der Waals surface area contributed by atoms with Gasteiger partial charge < -0.3 is 15.0 Å². The zero-order chi connectivity index (χ0) is 27.9. The Morgan fingerprint density at radius 1 is 1.08 bits per heavy atom. The quantitative estimate of drug-likeness (QED) is 0.408. The van der Waals surface area contributed by atoms with Crippen LogP contribution in [0.5, 0.6) is 0 Å². The fourth-order valence-corrected chi connectivity index (χ4v) is 4.90. The van der Waals surface area contributed by atoms with E-state index < -0.39 is 29.7 Å². The minimum absolute atomic E-state index is 0.0292. The number of urea groups is 1. The Balaban J connectivity index is 1.64. The predicted molar refractivity (Wildman–Crippen MR) is 142 cm³/mol. The van der Waals surface area contributed by atoms with Crippen LogP contribution in [0.1, 0.15) is 35.3 Å². The molecule has 1 unspecified atom stereocenters. The van der Waals surface area contributed by atoms with E-state index in [0.29, 0.717) is 43.9 Å². The molecule has 10 heteroatoms. The second kappa shape index (κ2) is 12.7. The van der Waals surface area contributed by atoms with Gasteiger partial charge in [-0.25, -0.2) is 18.4 Å². The lowest BCUT2D eigenvalue weighted by Crippen LogP contribution is -2.51. The molecule has 8 nitrogen and oxygen atoms in total. The van der Waals surface area contributed by atoms with Gasteiger partial charge in [0.05, 0.1) is 23.8 Å². The lowest BCUT2D eigenvalue weighted by Gasteiger charge is -2.38. The molecule has 3 amide bonds. The third-order valence-corrected chi connectivity index (χ3v) is 6.80. The number of hydrogen-bond acceptors (Lipinski definition) is 5. The average Bonchev–Trinajstić information content (AvgIpc) is 3.16. The second-order valence-electron chi connectivity index (χ2n) is 9.32. The number of benzene rings is 2. The maximum Gasteiger partial charge on any atom is 0.338 e. The normalized spacial score (nSPS) is 18.4. The Morgan fingerprint density at radius 2 is 1.82 bits per heavy atom. The summed E-state index contributed by atoms with van der Waals surface area (Å²) in [6, 6.07) is 10.3. The first kappa shape index (κ1) is 28.0. The smallest absolute Gasteiger partial charge is 0.338 e. The molecule has 1 saturated heterocycles. The summed E-state index contributed by atoms with van der Waals surface area (Å²) in [6.45, 7) is 7.81. The third kappa shape index (κ3) is 6.34. The lowest BCUT2D eigenvalue weighted by molar-refractivity contribution is -0.139. The van der Waals surface area contributed by atoms with Gasteiger partial charge >= 0.3 is 12.0 Å². The Labute approximate surface area is 226 Å². The van der Waals surface area contributed by atoms with E-state index in [1.807, 2.05) is 0 Å². The van der Waals surface area contributed by atoms with E-state index in [0.717, 1.165) is 0 Å². The van der Waals surface area contributed by atoms with Gasteiger partial charge in [0, 0.05) is 45.0 Å². The van der Waals surface area contributed by atoms with E-state index in [9.17, 15) is 23.2 Å². The Morgan fingerprint density at radius 3 is 2.51 bits per heavy atom. The van der Waals surface area contributed by atoms with Crippen molar-refractivity contribution in [3.8, 4) is 0 Å². The molecular weight excluding hydrogens is 506 g/mol. The maximum absolute atomic E-state index is 14.2. The van der Waals surface area contributed by atoms with Gasteiger partial charge in [0.2, 0.25) is 0 Å². The summed E-state index contributed by atoms with van der Waals surface area (Å²) < 4.78 is 33.3. The van der Waals surface area contributed by atoms with E-state index in [1.165, 1.54) is 41.3 Å². The Bertz CT molecular complexity index is 1260. The highest BCUT2D eigenvalue weighted by molar-refractivity contribution is 5.95. The highest BCUT2D eigenvalue weighted by atomic mass is 19.1. The minimum Gasteiger partial charge on any atom is -0.463 e. The summed E-state index contributed by atoms with van der Waals surface area (Å²) in [6.07, 6.45) is 2.19. The standard InChI is InChI=1S/C29H32F2N4O4/c1-3-14-35-24(19-33-15-7-16-34(18-17-33)27(36)22-8-5-6-9-23(22)31)25(28(37)39-4-2)26(32-29(35)38)20-10-12-21(30)13-11-20/h3,5-6,8-13,26H,1,4,7,14-19H2,2H3,(H,32,38). The SMILES string of the molecule is C=CCN1C(=O)NC(c2ccc(F)cc2)C(C(=O)OCC)=C1CN1CCCN(C(=O)c2ccccc2F)CC1. The van der Waals surface area contributed by atoms with Crippen molar-refractivity contribution in [1.82, 2.24) is 20.0 Å². The number of carbonyl (C=O) groups is 3. The minimum atomic E-state index is -0.834. The number of rotatable bonds is 8. The van der Waals surface area contributed by atoms with Crippen molar-refractivity contribution in [2.75, 3.05) is 45.9 Å². The van der Waals surface area contributed by atoms with Crippen molar-refractivity contribution in [3.63, 3.8) is 0 Å². The fraction of sp³-hybridized carbons (Fsp3) is 0.345. The van der Waals surface area contributed by atoms with Crippen molar-refractivity contribution in [3.05, 3.63) is 95.2 Å². The van der Waals surface area contributed by atoms with Crippen molar-refractivity contribution in [2.45, 2.75) is 19.4 Å². The number of hydrogen-bond donors (Lipinski definition) is 1. The van der Waals surface area contributed by atoms with Crippen molar-refractivity contribution < 1.29 is 27.9 Å². The number of esters is 1. The number of ether oxygens (including phenoxy) is 1. The zero-order valence-corrected chi connectivity index (χ0v) is 21.9. The van der Waals surface area contributed by atoms with Crippen LogP contribution in [0.2, 0.25) is 0 Å². The van der Waals surface area contributed by atoms with Crippen molar-refractivity contribution in [1.29, 1.82) is 0 Å². The van der Waals surface area contributed by atoms with Crippen LogP contribution in [-0.4, -0.2) is 78.5 Å². The molecule has 2 aliphatic rings. The van der Waals surface area contributed by atoms with Crippen LogP contribution in [0, 0.1) is 11.6 Å². The molecule has 2 aliphatic heterocycles. The molecule has 1 atom stereocenters. The van der Waals surface area contributed by atoms with Gasteiger partial charge in [-0.15, -0.1) is 6.58 Å². The number of nitrogens with zero attached hydrogens (tertiary/aromatic N) is 3. The summed E-state index contributed by atoms with van der Waals surface area (Å²) >= 11 is 0. The van der Waals surface area contributed by atoms with E-state index in [1.54, 1.807) is 30.0 Å². The molecule has 0 saturated carbocycles. The number of amides is 3. The molecule has 0 spiro atoms. The molecule has 39 heavy (non-hydrogen) atoms. The van der Waals surface area contributed by atoms with Crippen molar-refractivity contribution >= 4 is 17.9 Å². The highest BCUT2D eigenvalue weighted by Gasteiger charge is 2.38. The molecule has 2 heterocycles. The van der Waals surface area contributed by atoms with Crippen LogP contribution < -0.4 is 5.32 Å². The monoisotopic (exact) mass is 538 g/mol. The van der Waals surface area contributed by atoms with Gasteiger partial charge in [-0.3, -0.25) is 14.6 Å². The van der Waals surface area contributed by atoms with E-state index in [4.69, 9.17) is 4.74 Å². The van der Waals surface area contributed by atoms with Crippen LogP contribution in [0.4, 0.5) is 13.6 Å². The maximum atomic E-state index is 14.2. The molecule has 1 N–H and O–H groups in total. The van der Waals surface area contributed by atoms with Crippen LogP contribution in [0.3, 0.4) is 0 Å². The Hall–Kier alpha value is -4.05. The Kier molecular flexibility index (Phi) is 9.08. The van der Waals surface area contributed by atoms with Gasteiger partial charge in [0.15, 0.2) is 0 Å². The van der Waals surface area contributed by atoms with Crippen LogP contribution >= 0.6 is 0 Å². The molecule has 2 aromatic carbocycles. The van der Waals surface area contributed by atoms with E-state index >= 15 is 0 Å². The molecule has 0 aliphatic carbocycles. The van der Waals surface area contributed by atoms with Gasteiger partial charge in [-0.1, -0.05) is 30.3 Å². The summed E-state index contributed by atoms with van der Waals surface area (Å²) in [7, 11) is 0. The molecule has 0 aromatic heterocycles. The average molecular weight is 539 g/mol. The first-order valence-electron chi connectivity index (χ1n) is 12.9. The molecule has 1 fully saturated rings. The number of halogens is 2. The molecule has 0 radical (unpaired) electrons. The molecule has 0 bridgehead atoms. The van der Waals surface area contributed by atoms with Gasteiger partial charge in [-0.05, 0) is 43.2 Å². The van der Waals surface area contributed by atoms with Crippen molar-refractivity contribution in [2.24, 2.45) is 0 Å². The van der Waals surface area contributed by atoms with Gasteiger partial charge in [-0.2, -0.15) is 0 Å². The van der Waals surface area contributed by atoms with Crippen LogP contribution in [0.15, 0.2) is 72.5 Å². The summed E-state index contributed by atoms with van der Waals surface area (Å²) in [5, 5.41) is 2.85. The number of carbonyl (C=O) groups excluding carboxylic acids is 3. The molecular formula is C29H32F2N4O4. The van der Waals surface area contributed by atoms with E-state index in [-0.39, 0.29) is 36.7 Å². The topological polar surface area (TPSA) is 82.2 Å². The fourth-order valence-electron chi connectivity index (χ4n) is 4.90. The third-order valence-electron chi connectivity index (χ3n) is 6.80. The summed E-state index contributed by atoms with van der Waals surface area (Å²) in [4.78, 5) is 44.6. The molecule has 4 rings (SSSR count). The highest BCUT2D eigenvalue weighted by Crippen LogP contribution is 2.32. The summed E-state index contributed by atoms with van der Waals surface area (Å²) in [5.41, 5.74) is 1.29. The summed E-state index contributed by atoms with van der Waals surface area (Å²) in [5.74, 6) is -1.95. The second-order valence-corrected chi connectivity index (χ2v) is 9.32. The first-order chi connectivity index (χ1) is 18.8. The lowest BCUT2D eigenvalue weighted by atomic mass is 9.94. The van der Waals surface area contributed by atoms with Crippen LogP contribution in [-0.2, 0) is 9.53 Å². The molecule has 206 valence electrons. The predicted octanol–water partition coefficient (Wildman–Crippen LogP) is 3.88. The van der Waals surface area contributed by atoms with Gasteiger partial charge in [0.1, 0.15) is 11.6 Å². The largest absolute Gasteiger partial charge is 0.463 e. The van der Waals surface area contributed by atoms with Crippen LogP contribution in [0.25, 0.3) is 0 Å². The zero-order valence-electron chi connectivity index (χ0n) is 21.9. The van der Waals surface area contributed by atoms with Gasteiger partial charge in [0.25, 0.3) is 5.91 Å². The first-order valence-corrected chi connectivity index (χ1v) is 12.9. The molecule has 2 aromatic rings. The number of nitrogens with one attached hydrogen (secondary N) is 1.